The molecule has 1 aromatic heterocycles. The molecule has 1 saturated heterocycles. The Balaban J connectivity index is 1.69. The van der Waals surface area contributed by atoms with E-state index in [2.05, 4.69) is 12.0 Å². The minimum absolute atomic E-state index is 0.0113. The molecule has 0 saturated carbocycles. The molecule has 23 heavy (non-hydrogen) atoms. The summed E-state index contributed by atoms with van der Waals surface area (Å²) in [5.41, 5.74) is 1.59. The number of nitrogens with zero attached hydrogens (tertiary/aromatic N) is 3. The van der Waals surface area contributed by atoms with Crippen LogP contribution in [0.4, 0.5) is 0 Å². The van der Waals surface area contributed by atoms with E-state index in [0.29, 0.717) is 36.8 Å². The summed E-state index contributed by atoms with van der Waals surface area (Å²) in [6.45, 7) is 4.49. The quantitative estimate of drug-likeness (QED) is 0.864. The van der Waals surface area contributed by atoms with E-state index in [0.717, 1.165) is 12.0 Å². The number of halogens is 1. The largest absolute Gasteiger partial charge is 0.375 e. The van der Waals surface area contributed by atoms with Crippen molar-refractivity contribution in [2.24, 2.45) is 0 Å². The van der Waals surface area contributed by atoms with Crippen molar-refractivity contribution in [2.75, 3.05) is 19.7 Å². The fraction of sp³-hybridized carbons (Fsp3) is 0.412. The minimum Gasteiger partial charge on any atom is -0.375 e. The van der Waals surface area contributed by atoms with Gasteiger partial charge in [-0.15, -0.1) is 0 Å². The van der Waals surface area contributed by atoms with E-state index in [1.165, 1.54) is 0 Å². The van der Waals surface area contributed by atoms with Gasteiger partial charge in [0.15, 0.2) is 0 Å². The number of carbonyl (C=O) groups excluding carboxylic acids is 1. The van der Waals surface area contributed by atoms with Gasteiger partial charge in [-0.25, -0.2) is 0 Å². The molecular formula is C17H20ClN3O2. The summed E-state index contributed by atoms with van der Waals surface area (Å²) >= 11 is 6.17. The molecule has 1 fully saturated rings. The van der Waals surface area contributed by atoms with Crippen LogP contribution in [-0.4, -0.2) is 46.4 Å². The lowest BCUT2D eigenvalue weighted by atomic mass is 10.2. The van der Waals surface area contributed by atoms with Gasteiger partial charge in [0.2, 0.25) is 0 Å². The molecule has 0 bridgehead atoms. The van der Waals surface area contributed by atoms with Crippen LogP contribution in [0.1, 0.15) is 29.3 Å². The molecule has 2 aromatic rings. The first-order valence-corrected chi connectivity index (χ1v) is 8.22. The third-order valence-electron chi connectivity index (χ3n) is 4.05. The number of hydrogen-bond donors (Lipinski definition) is 0. The second-order valence-electron chi connectivity index (χ2n) is 5.67. The number of morpholine rings is 1. The van der Waals surface area contributed by atoms with Gasteiger partial charge in [0.25, 0.3) is 5.91 Å². The first kappa shape index (κ1) is 16.0. The van der Waals surface area contributed by atoms with Gasteiger partial charge in [-0.05, 0) is 18.1 Å². The predicted molar refractivity (Wildman–Crippen MR) is 88.7 cm³/mol. The third kappa shape index (κ3) is 3.74. The first-order valence-electron chi connectivity index (χ1n) is 7.84. The lowest BCUT2D eigenvalue weighted by molar-refractivity contribution is -0.0226. The van der Waals surface area contributed by atoms with Crippen LogP contribution in [0.2, 0.25) is 5.02 Å². The summed E-state index contributed by atoms with van der Waals surface area (Å²) in [6, 6.07) is 7.65. The van der Waals surface area contributed by atoms with Crippen LogP contribution >= 0.6 is 11.6 Å². The standard InChI is InChI=1S/C17H20ClN3O2/c1-2-15-12-20(7-8-23-15)17(22)14-9-19-21(11-14)10-13-5-3-4-6-16(13)18/h3-6,9,11,15H,2,7-8,10,12H2,1H3/t15-/m0/s1. The molecule has 122 valence electrons. The molecule has 0 N–H and O–H groups in total. The Morgan fingerprint density at radius 3 is 3.04 bits per heavy atom. The number of rotatable bonds is 4. The zero-order valence-electron chi connectivity index (χ0n) is 13.1. The van der Waals surface area contributed by atoms with E-state index in [1.54, 1.807) is 17.1 Å². The highest BCUT2D eigenvalue weighted by Crippen LogP contribution is 2.17. The Kier molecular flexibility index (Phi) is 4.98. The number of hydrogen-bond acceptors (Lipinski definition) is 3. The maximum absolute atomic E-state index is 12.6. The summed E-state index contributed by atoms with van der Waals surface area (Å²) in [7, 11) is 0. The van der Waals surface area contributed by atoms with Crippen LogP contribution in [0, 0.1) is 0 Å². The van der Waals surface area contributed by atoms with Crippen molar-refractivity contribution in [1.82, 2.24) is 14.7 Å². The van der Waals surface area contributed by atoms with Gasteiger partial charge < -0.3 is 9.64 Å². The van der Waals surface area contributed by atoms with Crippen LogP contribution < -0.4 is 0 Å². The van der Waals surface area contributed by atoms with Crippen molar-refractivity contribution in [1.29, 1.82) is 0 Å². The Hall–Kier alpha value is -1.85. The normalized spacial score (nSPS) is 18.2. The zero-order chi connectivity index (χ0) is 16.2. The number of carbonyl (C=O) groups is 1. The Morgan fingerprint density at radius 2 is 2.26 bits per heavy atom. The molecule has 5 nitrogen and oxygen atoms in total. The van der Waals surface area contributed by atoms with Crippen LogP contribution in [0.25, 0.3) is 0 Å². The van der Waals surface area contributed by atoms with E-state index < -0.39 is 0 Å². The van der Waals surface area contributed by atoms with Gasteiger partial charge in [0.1, 0.15) is 0 Å². The highest BCUT2D eigenvalue weighted by atomic mass is 35.5. The van der Waals surface area contributed by atoms with Crippen molar-refractivity contribution in [2.45, 2.75) is 26.0 Å². The highest BCUT2D eigenvalue weighted by Gasteiger charge is 2.24. The molecule has 1 amide bonds. The predicted octanol–water partition coefficient (Wildman–Crippen LogP) is 2.84. The highest BCUT2D eigenvalue weighted by molar-refractivity contribution is 6.31. The number of benzene rings is 1. The van der Waals surface area contributed by atoms with Gasteiger partial charge in [0.05, 0.1) is 31.0 Å². The van der Waals surface area contributed by atoms with Crippen molar-refractivity contribution < 1.29 is 9.53 Å². The van der Waals surface area contributed by atoms with Crippen molar-refractivity contribution in [3.8, 4) is 0 Å². The molecule has 1 aliphatic heterocycles. The molecule has 2 heterocycles. The molecule has 1 aliphatic rings. The van der Waals surface area contributed by atoms with E-state index in [9.17, 15) is 4.79 Å². The summed E-state index contributed by atoms with van der Waals surface area (Å²) in [6.07, 6.45) is 4.44. The van der Waals surface area contributed by atoms with Gasteiger partial charge >= 0.3 is 0 Å². The molecule has 1 atom stereocenters. The van der Waals surface area contributed by atoms with Gasteiger partial charge in [0, 0.05) is 24.3 Å². The van der Waals surface area contributed by atoms with E-state index >= 15 is 0 Å². The number of amides is 1. The number of aromatic nitrogens is 2. The Morgan fingerprint density at radius 1 is 1.43 bits per heavy atom. The van der Waals surface area contributed by atoms with E-state index in [4.69, 9.17) is 16.3 Å². The molecular weight excluding hydrogens is 314 g/mol. The second-order valence-corrected chi connectivity index (χ2v) is 6.08. The summed E-state index contributed by atoms with van der Waals surface area (Å²) in [4.78, 5) is 14.4. The van der Waals surface area contributed by atoms with Crippen molar-refractivity contribution >= 4 is 17.5 Å². The average Bonchev–Trinajstić information content (AvgIpc) is 3.05. The van der Waals surface area contributed by atoms with Crippen molar-refractivity contribution in [3.05, 3.63) is 52.8 Å². The minimum atomic E-state index is 0.0113. The first-order chi connectivity index (χ1) is 11.2. The SMILES string of the molecule is CC[C@H]1CN(C(=O)c2cnn(Cc3ccccc3Cl)c2)CCO1. The molecule has 0 radical (unpaired) electrons. The molecule has 0 spiro atoms. The smallest absolute Gasteiger partial charge is 0.257 e. The fourth-order valence-electron chi connectivity index (χ4n) is 2.69. The Labute approximate surface area is 140 Å². The molecule has 6 heteroatoms. The average molecular weight is 334 g/mol. The maximum atomic E-state index is 12.6. The van der Waals surface area contributed by atoms with Gasteiger partial charge in [-0.2, -0.15) is 5.10 Å². The topological polar surface area (TPSA) is 47.4 Å². The zero-order valence-corrected chi connectivity index (χ0v) is 13.9. The monoisotopic (exact) mass is 333 g/mol. The maximum Gasteiger partial charge on any atom is 0.257 e. The summed E-state index contributed by atoms with van der Waals surface area (Å²) < 4.78 is 7.35. The fourth-order valence-corrected chi connectivity index (χ4v) is 2.89. The van der Waals surface area contributed by atoms with Crippen molar-refractivity contribution in [3.63, 3.8) is 0 Å². The van der Waals surface area contributed by atoms with E-state index in [1.807, 2.05) is 29.2 Å². The van der Waals surface area contributed by atoms with Crippen LogP contribution in [0.3, 0.4) is 0 Å². The van der Waals surface area contributed by atoms with Crippen LogP contribution in [0.5, 0.6) is 0 Å². The van der Waals surface area contributed by atoms with E-state index in [-0.39, 0.29) is 12.0 Å². The Bertz CT molecular complexity index is 686. The number of ether oxygens (including phenoxy) is 1. The molecule has 0 aliphatic carbocycles. The van der Waals surface area contributed by atoms with Crippen LogP contribution in [0.15, 0.2) is 36.7 Å². The summed E-state index contributed by atoms with van der Waals surface area (Å²) in [5, 5.41) is 4.99. The lowest BCUT2D eigenvalue weighted by Crippen LogP contribution is -2.45. The molecule has 1 aromatic carbocycles. The molecule has 0 unspecified atom stereocenters. The lowest BCUT2D eigenvalue weighted by Gasteiger charge is -2.32. The third-order valence-corrected chi connectivity index (χ3v) is 4.42. The second kappa shape index (κ2) is 7.15. The molecule has 3 rings (SSSR count). The van der Waals surface area contributed by atoms with Gasteiger partial charge in [-0.1, -0.05) is 36.7 Å². The van der Waals surface area contributed by atoms with Gasteiger partial charge in [-0.3, -0.25) is 9.48 Å². The van der Waals surface area contributed by atoms with Crippen LogP contribution in [-0.2, 0) is 11.3 Å². The summed E-state index contributed by atoms with van der Waals surface area (Å²) in [5.74, 6) is 0.0113.